The molecule has 3 rings (SSSR count). The molecule has 0 radical (unpaired) electrons. The van der Waals surface area contributed by atoms with E-state index in [0.717, 1.165) is 0 Å². The van der Waals surface area contributed by atoms with Gasteiger partial charge >= 0.3 is 5.76 Å². The second kappa shape index (κ2) is 4.11. The first kappa shape index (κ1) is 10.7. The highest BCUT2D eigenvalue weighted by molar-refractivity contribution is 5.72. The molecule has 18 heavy (non-hydrogen) atoms. The fourth-order valence-corrected chi connectivity index (χ4v) is 1.74. The van der Waals surface area contributed by atoms with Crippen molar-refractivity contribution in [2.75, 3.05) is 0 Å². The van der Waals surface area contributed by atoms with Gasteiger partial charge in [0.15, 0.2) is 11.4 Å². The number of rotatable bonds is 3. The van der Waals surface area contributed by atoms with Crippen LogP contribution in [0.25, 0.3) is 11.1 Å². The molecule has 2 N–H and O–H groups in total. The monoisotopic (exact) mass is 246 g/mol. The Labute approximate surface area is 101 Å². The molecule has 92 valence electrons. The molecule has 2 heterocycles. The summed E-state index contributed by atoms with van der Waals surface area (Å²) < 4.78 is 11.4. The van der Waals surface area contributed by atoms with E-state index >= 15 is 0 Å². The Bertz CT molecular complexity index is 740. The minimum Gasteiger partial charge on any atom is -0.408 e. The largest absolute Gasteiger partial charge is 0.420 e. The molecule has 0 unspecified atom stereocenters. The van der Waals surface area contributed by atoms with Crippen LogP contribution < -0.4 is 11.5 Å². The molecule has 7 heteroatoms. The zero-order valence-electron chi connectivity index (χ0n) is 9.37. The van der Waals surface area contributed by atoms with Gasteiger partial charge < -0.3 is 14.7 Å². The van der Waals surface area contributed by atoms with Gasteiger partial charge in [-0.25, -0.2) is 4.79 Å². The lowest BCUT2D eigenvalue weighted by molar-refractivity contribution is 0.373. The molecule has 0 aliphatic rings. The number of nitrogens with zero attached hydrogens (tertiary/aromatic N) is 3. The van der Waals surface area contributed by atoms with Crippen LogP contribution in [0, 0.1) is 0 Å². The van der Waals surface area contributed by atoms with Crippen LogP contribution in [0.5, 0.6) is 0 Å². The van der Waals surface area contributed by atoms with E-state index in [2.05, 4.69) is 10.1 Å². The van der Waals surface area contributed by atoms with Crippen LogP contribution in [0.2, 0.25) is 0 Å². The van der Waals surface area contributed by atoms with Gasteiger partial charge in [0.25, 0.3) is 0 Å². The van der Waals surface area contributed by atoms with Crippen molar-refractivity contribution in [1.82, 2.24) is 14.7 Å². The third-order valence-electron chi connectivity index (χ3n) is 2.56. The van der Waals surface area contributed by atoms with Crippen LogP contribution in [-0.4, -0.2) is 14.7 Å². The zero-order chi connectivity index (χ0) is 12.5. The maximum atomic E-state index is 11.7. The molecule has 3 aromatic rings. The molecule has 0 aliphatic carbocycles. The van der Waals surface area contributed by atoms with Crippen molar-refractivity contribution in [1.29, 1.82) is 0 Å². The second-order valence-electron chi connectivity index (χ2n) is 3.73. The number of nitrogens with two attached hydrogens (primary N) is 1. The highest BCUT2D eigenvalue weighted by Crippen LogP contribution is 2.12. The maximum absolute atomic E-state index is 11.7. The topological polar surface area (TPSA) is 100 Å². The smallest absolute Gasteiger partial charge is 0.408 e. The average Bonchev–Trinajstić information content (AvgIpc) is 2.96. The first-order chi connectivity index (χ1) is 8.78. The average molecular weight is 246 g/mol. The van der Waals surface area contributed by atoms with Crippen molar-refractivity contribution < 1.29 is 8.94 Å². The Morgan fingerprint density at radius 3 is 2.94 bits per heavy atom. The highest BCUT2D eigenvalue weighted by Gasteiger charge is 2.12. The molecule has 0 atom stereocenters. The summed E-state index contributed by atoms with van der Waals surface area (Å²) in [5.41, 5.74) is 6.60. The van der Waals surface area contributed by atoms with Crippen molar-refractivity contribution in [2.24, 2.45) is 5.73 Å². The van der Waals surface area contributed by atoms with Crippen LogP contribution in [0.4, 0.5) is 0 Å². The molecule has 2 aromatic heterocycles. The van der Waals surface area contributed by atoms with Crippen molar-refractivity contribution in [3.8, 4) is 0 Å². The lowest BCUT2D eigenvalue weighted by atomic mass is 10.3. The van der Waals surface area contributed by atoms with E-state index in [-0.39, 0.29) is 13.1 Å². The van der Waals surface area contributed by atoms with Crippen LogP contribution in [0.15, 0.2) is 38.0 Å². The molecule has 1 aromatic carbocycles. The van der Waals surface area contributed by atoms with Gasteiger partial charge in [-0.05, 0) is 12.1 Å². The minimum atomic E-state index is -0.449. The minimum absolute atomic E-state index is 0.175. The van der Waals surface area contributed by atoms with Crippen molar-refractivity contribution in [3.63, 3.8) is 0 Å². The predicted octanol–water partition coefficient (Wildman–Crippen LogP) is 0.484. The van der Waals surface area contributed by atoms with Crippen molar-refractivity contribution >= 4 is 11.1 Å². The first-order valence-corrected chi connectivity index (χ1v) is 5.38. The first-order valence-electron chi connectivity index (χ1n) is 5.38. The summed E-state index contributed by atoms with van der Waals surface area (Å²) >= 11 is 0. The summed E-state index contributed by atoms with van der Waals surface area (Å²) in [4.78, 5) is 15.8. The Morgan fingerprint density at radius 2 is 2.17 bits per heavy atom. The molecule has 0 aliphatic heterocycles. The summed E-state index contributed by atoms with van der Waals surface area (Å²) in [5.74, 6) is 0.283. The van der Waals surface area contributed by atoms with Gasteiger partial charge in [0, 0.05) is 0 Å². The molecule has 0 saturated heterocycles. The zero-order valence-corrected chi connectivity index (χ0v) is 9.37. The van der Waals surface area contributed by atoms with E-state index in [1.54, 1.807) is 18.2 Å². The van der Waals surface area contributed by atoms with Gasteiger partial charge in [-0.15, -0.1) is 0 Å². The van der Waals surface area contributed by atoms with Crippen molar-refractivity contribution in [3.05, 3.63) is 46.5 Å². The Morgan fingerprint density at radius 1 is 1.33 bits per heavy atom. The molecule has 0 amide bonds. The standard InChI is InChI=1S/C11H10N4O3/c12-5-10-13-9(14-18-10)6-15-7-3-1-2-4-8(7)17-11(15)16/h1-4H,5-6,12H2. The van der Waals surface area contributed by atoms with Crippen molar-refractivity contribution in [2.45, 2.75) is 13.1 Å². The van der Waals surface area contributed by atoms with E-state index in [4.69, 9.17) is 14.7 Å². The number of fused-ring (bicyclic) bond motifs is 1. The van der Waals surface area contributed by atoms with E-state index in [0.29, 0.717) is 22.8 Å². The summed E-state index contributed by atoms with van der Waals surface area (Å²) in [6, 6.07) is 7.16. The molecule has 0 bridgehead atoms. The Balaban J connectivity index is 2.04. The lowest BCUT2D eigenvalue weighted by Crippen LogP contribution is -2.15. The number of hydrogen-bond acceptors (Lipinski definition) is 6. The summed E-state index contributed by atoms with van der Waals surface area (Å²) in [5, 5.41) is 3.74. The molecule has 0 saturated carbocycles. The van der Waals surface area contributed by atoms with Gasteiger partial charge in [0.2, 0.25) is 5.89 Å². The predicted molar refractivity (Wildman–Crippen MR) is 61.8 cm³/mol. The van der Waals surface area contributed by atoms with Gasteiger partial charge in [-0.1, -0.05) is 17.3 Å². The van der Waals surface area contributed by atoms with Gasteiger partial charge in [-0.3, -0.25) is 4.57 Å². The number of hydrogen-bond donors (Lipinski definition) is 1. The molecule has 0 spiro atoms. The second-order valence-corrected chi connectivity index (χ2v) is 3.73. The normalized spacial score (nSPS) is 11.2. The van der Waals surface area contributed by atoms with E-state index in [9.17, 15) is 4.79 Å². The molecular weight excluding hydrogens is 236 g/mol. The molecular formula is C11H10N4O3. The lowest BCUT2D eigenvalue weighted by Gasteiger charge is -1.96. The number of para-hydroxylation sites is 2. The quantitative estimate of drug-likeness (QED) is 0.721. The number of aromatic nitrogens is 3. The van der Waals surface area contributed by atoms with E-state index < -0.39 is 5.76 Å². The summed E-state index contributed by atoms with van der Waals surface area (Å²) in [6.07, 6.45) is 0. The molecule has 7 nitrogen and oxygen atoms in total. The van der Waals surface area contributed by atoms with Gasteiger partial charge in [-0.2, -0.15) is 4.98 Å². The number of benzene rings is 1. The fraction of sp³-hybridized carbons (Fsp3) is 0.182. The third kappa shape index (κ3) is 1.70. The highest BCUT2D eigenvalue weighted by atomic mass is 16.5. The maximum Gasteiger partial charge on any atom is 0.420 e. The Kier molecular flexibility index (Phi) is 2.45. The Hall–Kier alpha value is -2.41. The number of oxazole rings is 1. The van der Waals surface area contributed by atoms with E-state index in [1.807, 2.05) is 6.07 Å². The van der Waals surface area contributed by atoms with Gasteiger partial charge in [0.1, 0.15) is 0 Å². The summed E-state index contributed by atoms with van der Waals surface area (Å²) in [7, 11) is 0. The third-order valence-corrected chi connectivity index (χ3v) is 2.56. The van der Waals surface area contributed by atoms with Crippen LogP contribution in [-0.2, 0) is 13.1 Å². The van der Waals surface area contributed by atoms with E-state index in [1.165, 1.54) is 4.57 Å². The SMILES string of the molecule is NCc1nc(Cn2c(=O)oc3ccccc32)no1. The summed E-state index contributed by atoms with van der Waals surface area (Å²) in [6.45, 7) is 0.368. The fourth-order valence-electron chi connectivity index (χ4n) is 1.74. The van der Waals surface area contributed by atoms with Crippen LogP contribution in [0.3, 0.4) is 0 Å². The molecule has 0 fully saturated rings. The van der Waals surface area contributed by atoms with Gasteiger partial charge in [0.05, 0.1) is 18.6 Å². The van der Waals surface area contributed by atoms with Crippen LogP contribution >= 0.6 is 0 Å². The van der Waals surface area contributed by atoms with Crippen LogP contribution in [0.1, 0.15) is 11.7 Å².